The molecule has 0 spiro atoms. The van der Waals surface area contributed by atoms with Gasteiger partial charge in [-0.2, -0.15) is 10.5 Å². The summed E-state index contributed by atoms with van der Waals surface area (Å²) in [6.45, 7) is 5.71. The molecule has 0 aromatic rings. The van der Waals surface area contributed by atoms with Gasteiger partial charge >= 0.3 is 0 Å². The maximum atomic E-state index is 8.60. The molecule has 0 amide bonds. The number of allylic oxidation sites excluding steroid dienone is 2. The van der Waals surface area contributed by atoms with Crippen LogP contribution in [0, 0.1) is 29.6 Å². The van der Waals surface area contributed by atoms with Crippen LogP contribution in [-0.2, 0) is 0 Å². The molecule has 12 heavy (non-hydrogen) atoms. The van der Waals surface area contributed by atoms with Crippen molar-refractivity contribution in [1.82, 2.24) is 0 Å². The first-order chi connectivity index (χ1) is 5.65. The van der Waals surface area contributed by atoms with Gasteiger partial charge < -0.3 is 0 Å². The Labute approximate surface area is 84.6 Å². The van der Waals surface area contributed by atoms with Crippen LogP contribution in [-0.4, -0.2) is 9.45 Å². The molecule has 0 bridgehead atoms. The zero-order valence-corrected chi connectivity index (χ0v) is 8.22. The fourth-order valence-electron chi connectivity index (χ4n) is 0.628. The molecule has 0 saturated heterocycles. The predicted octanol–water partition coefficient (Wildman–Crippen LogP) is 2.13. The van der Waals surface area contributed by atoms with Gasteiger partial charge in [0.1, 0.15) is 26.0 Å². The Balaban J connectivity index is 2.97. The van der Waals surface area contributed by atoms with Gasteiger partial charge in [0, 0.05) is 5.37 Å². The van der Waals surface area contributed by atoms with Gasteiger partial charge in [-0.3, -0.25) is 0 Å². The molecule has 1 aliphatic rings. The van der Waals surface area contributed by atoms with Crippen molar-refractivity contribution in [3.05, 3.63) is 16.7 Å². The lowest BCUT2D eigenvalue weighted by Gasteiger charge is -2.12. The van der Waals surface area contributed by atoms with Crippen LogP contribution in [0.3, 0.4) is 0 Å². The van der Waals surface area contributed by atoms with E-state index in [1.807, 2.05) is 12.1 Å². The molecular weight excluding hydrogens is 208 g/mol. The number of thioether (sulfide) groups is 2. The van der Waals surface area contributed by atoms with Gasteiger partial charge in [-0.05, 0) is 6.92 Å². The Bertz CT molecular complexity index is 306. The number of thiocarbonyl (C=S) groups is 1. The molecule has 0 fully saturated rings. The zero-order valence-electron chi connectivity index (χ0n) is 5.77. The highest BCUT2D eigenvalue weighted by atomic mass is 32.2. The molecule has 2 radical (unpaired) electrons. The molecule has 5 heteroatoms. The lowest BCUT2D eigenvalue weighted by atomic mass is 10.5. The highest BCUT2D eigenvalue weighted by Gasteiger charge is 2.35. The largest absolute Gasteiger partial charge is 0.192 e. The molecule has 0 atom stereocenters. The van der Waals surface area contributed by atoms with Gasteiger partial charge in [-0.25, -0.2) is 0 Å². The van der Waals surface area contributed by atoms with Crippen LogP contribution >= 0.6 is 35.7 Å². The standard InChI is InChI=1S/C7H2N2S3/c1-7(4-10)11-5(2-8)6(3-9)12-7/h1,4H. The van der Waals surface area contributed by atoms with Gasteiger partial charge in [0.05, 0.1) is 0 Å². The molecule has 1 rings (SSSR count). The third-order valence-corrected chi connectivity index (χ3v) is 4.27. The molecule has 58 valence electrons. The second kappa shape index (κ2) is 3.49. The number of rotatable bonds is 1. The summed E-state index contributed by atoms with van der Waals surface area (Å²) in [4.78, 5) is 0.706. The summed E-state index contributed by atoms with van der Waals surface area (Å²) < 4.78 is -0.814. The van der Waals surface area contributed by atoms with Gasteiger partial charge in [0.25, 0.3) is 0 Å². The lowest BCUT2D eigenvalue weighted by Crippen LogP contribution is -2.11. The Hall–Kier alpha value is -0.490. The number of nitriles is 2. The van der Waals surface area contributed by atoms with Gasteiger partial charge in [-0.15, -0.1) is 0 Å². The molecule has 0 aliphatic carbocycles. The number of hydrogen-bond acceptors (Lipinski definition) is 5. The Morgan fingerprint density at radius 3 is 2.00 bits per heavy atom. The Morgan fingerprint density at radius 2 is 1.75 bits per heavy atom. The van der Waals surface area contributed by atoms with Crippen molar-refractivity contribution in [2.75, 3.05) is 0 Å². The van der Waals surface area contributed by atoms with Crippen molar-refractivity contribution in [3.63, 3.8) is 0 Å². The Kier molecular flexibility index (Phi) is 2.79. The second-order valence-corrected chi connectivity index (χ2v) is 5.00. The van der Waals surface area contributed by atoms with Crippen LogP contribution in [0.4, 0.5) is 0 Å². The summed E-state index contributed by atoms with van der Waals surface area (Å²) in [5.74, 6) is 0. The lowest BCUT2D eigenvalue weighted by molar-refractivity contribution is 1.50. The summed E-state index contributed by atoms with van der Waals surface area (Å²) in [5, 5.41) is 18.6. The molecule has 1 heterocycles. The van der Waals surface area contributed by atoms with Crippen molar-refractivity contribution < 1.29 is 0 Å². The highest BCUT2D eigenvalue weighted by Crippen LogP contribution is 2.52. The van der Waals surface area contributed by atoms with E-state index in [1.54, 1.807) is 0 Å². The van der Waals surface area contributed by atoms with E-state index in [0.29, 0.717) is 9.81 Å². The minimum atomic E-state index is -0.814. The SMILES string of the molecule is [CH]C1(C=S)SC(C#N)=C(C#N)S1. The van der Waals surface area contributed by atoms with E-state index in [0.717, 1.165) is 23.5 Å². The Morgan fingerprint density at radius 1 is 1.33 bits per heavy atom. The second-order valence-electron chi connectivity index (χ2n) is 1.93. The van der Waals surface area contributed by atoms with E-state index >= 15 is 0 Å². The van der Waals surface area contributed by atoms with Crippen LogP contribution in [0.2, 0.25) is 0 Å². The molecule has 0 N–H and O–H groups in total. The highest BCUT2D eigenvalue weighted by molar-refractivity contribution is 8.26. The summed E-state index contributed by atoms with van der Waals surface area (Å²) in [5.41, 5.74) is 0. The van der Waals surface area contributed by atoms with Gasteiger partial charge in [0.15, 0.2) is 0 Å². The molecule has 0 unspecified atom stereocenters. The number of nitrogens with zero attached hydrogens (tertiary/aromatic N) is 2. The van der Waals surface area contributed by atoms with E-state index < -0.39 is 4.08 Å². The molecule has 0 saturated carbocycles. The summed E-state index contributed by atoms with van der Waals surface area (Å²) in [6.07, 6.45) is 0. The van der Waals surface area contributed by atoms with E-state index in [4.69, 9.17) is 17.4 Å². The van der Waals surface area contributed by atoms with Crippen molar-refractivity contribution >= 4 is 41.1 Å². The molecule has 0 aromatic carbocycles. The zero-order chi connectivity index (χ0) is 9.19. The summed E-state index contributed by atoms with van der Waals surface area (Å²) in [7, 11) is 0. The fraction of sp³-hybridized carbons (Fsp3) is 0.143. The van der Waals surface area contributed by atoms with Crippen LogP contribution in [0.15, 0.2) is 9.81 Å². The van der Waals surface area contributed by atoms with Crippen LogP contribution in [0.1, 0.15) is 0 Å². The van der Waals surface area contributed by atoms with Crippen molar-refractivity contribution in [1.29, 1.82) is 10.5 Å². The average molecular weight is 210 g/mol. The van der Waals surface area contributed by atoms with Crippen molar-refractivity contribution in [3.8, 4) is 12.1 Å². The van der Waals surface area contributed by atoms with Crippen LogP contribution < -0.4 is 0 Å². The molecule has 1 aliphatic heterocycles. The van der Waals surface area contributed by atoms with Gasteiger partial charge in [0.2, 0.25) is 0 Å². The summed E-state index contributed by atoms with van der Waals surface area (Å²) >= 11 is 6.94. The minimum Gasteiger partial charge on any atom is -0.192 e. The van der Waals surface area contributed by atoms with Crippen molar-refractivity contribution in [2.24, 2.45) is 0 Å². The molecule has 2 nitrogen and oxygen atoms in total. The average Bonchev–Trinajstić information content (AvgIpc) is 2.43. The van der Waals surface area contributed by atoms with E-state index in [2.05, 4.69) is 12.2 Å². The monoisotopic (exact) mass is 210 g/mol. The van der Waals surface area contributed by atoms with E-state index in [-0.39, 0.29) is 0 Å². The smallest absolute Gasteiger partial charge is 0.111 e. The van der Waals surface area contributed by atoms with E-state index in [9.17, 15) is 0 Å². The fourth-order valence-corrected chi connectivity index (χ4v) is 2.94. The van der Waals surface area contributed by atoms with E-state index in [1.165, 1.54) is 5.37 Å². The predicted molar refractivity (Wildman–Crippen MR) is 54.1 cm³/mol. The maximum Gasteiger partial charge on any atom is 0.111 e. The van der Waals surface area contributed by atoms with Crippen LogP contribution in [0.25, 0.3) is 0 Å². The van der Waals surface area contributed by atoms with Gasteiger partial charge in [-0.1, -0.05) is 35.7 Å². The first-order valence-corrected chi connectivity index (χ1v) is 4.93. The third-order valence-electron chi connectivity index (χ3n) is 1.10. The summed E-state index contributed by atoms with van der Waals surface area (Å²) in [6, 6.07) is 3.81. The molecular formula is C7H2N2S3. The van der Waals surface area contributed by atoms with Crippen molar-refractivity contribution in [2.45, 2.75) is 4.08 Å². The van der Waals surface area contributed by atoms with Crippen LogP contribution in [0.5, 0.6) is 0 Å². The first-order valence-electron chi connectivity index (χ1n) is 2.83. The topological polar surface area (TPSA) is 47.6 Å². The first kappa shape index (κ1) is 9.60. The number of hydrogen-bond donors (Lipinski definition) is 0. The molecule has 0 aromatic heterocycles. The normalized spacial score (nSPS) is 19.9. The minimum absolute atomic E-state index is 0.353. The maximum absolute atomic E-state index is 8.60. The third kappa shape index (κ3) is 1.64. The quantitative estimate of drug-likeness (QED) is 0.620.